The third-order valence-corrected chi connectivity index (χ3v) is 7.64. The summed E-state index contributed by atoms with van der Waals surface area (Å²) in [6, 6.07) is 9.15. The van der Waals surface area contributed by atoms with E-state index in [2.05, 4.69) is 38.1 Å². The van der Waals surface area contributed by atoms with Crippen LogP contribution in [0.25, 0.3) is 21.3 Å². The number of rotatable bonds is 2. The molecule has 2 aliphatic rings. The third-order valence-electron chi connectivity index (χ3n) is 6.46. The quantitative estimate of drug-likeness (QED) is 0.497. The second-order valence-electron chi connectivity index (χ2n) is 8.19. The smallest absolute Gasteiger partial charge is 0.124 e. The molecule has 0 saturated heterocycles. The van der Waals surface area contributed by atoms with E-state index in [4.69, 9.17) is 4.98 Å². The Kier molecular flexibility index (Phi) is 4.12. The average molecular weight is 362 g/mol. The van der Waals surface area contributed by atoms with E-state index >= 15 is 0 Å². The highest BCUT2D eigenvalue weighted by Gasteiger charge is 2.27. The minimum Gasteiger partial charge on any atom is -0.242 e. The number of pyridine rings is 1. The van der Waals surface area contributed by atoms with Crippen molar-refractivity contribution in [3.63, 3.8) is 0 Å². The van der Waals surface area contributed by atoms with Crippen LogP contribution in [0.1, 0.15) is 59.9 Å². The fourth-order valence-electron chi connectivity index (χ4n) is 5.00. The molecule has 0 N–H and O–H groups in total. The average Bonchev–Trinajstić information content (AvgIpc) is 3.03. The summed E-state index contributed by atoms with van der Waals surface area (Å²) in [5, 5.41) is 1.51. The van der Waals surface area contributed by atoms with Gasteiger partial charge in [0, 0.05) is 16.0 Å². The SMILES string of the molecule is CC[C@@H]1CCc2nc3sc4c(c3c(-c3cccc(C)c3)c2C1)CCCC4. The maximum Gasteiger partial charge on any atom is 0.124 e. The molecule has 0 amide bonds. The number of aromatic nitrogens is 1. The van der Waals surface area contributed by atoms with Gasteiger partial charge in [-0.15, -0.1) is 11.3 Å². The monoisotopic (exact) mass is 361 g/mol. The molecule has 1 aromatic carbocycles. The highest BCUT2D eigenvalue weighted by molar-refractivity contribution is 7.19. The van der Waals surface area contributed by atoms with E-state index in [-0.39, 0.29) is 0 Å². The zero-order valence-corrected chi connectivity index (χ0v) is 16.7. The van der Waals surface area contributed by atoms with Crippen molar-refractivity contribution in [3.05, 3.63) is 51.5 Å². The number of fused-ring (bicyclic) bond motifs is 4. The van der Waals surface area contributed by atoms with Crippen LogP contribution in [0.4, 0.5) is 0 Å². The molecule has 0 bridgehead atoms. The van der Waals surface area contributed by atoms with Crippen LogP contribution in [0.5, 0.6) is 0 Å². The summed E-state index contributed by atoms with van der Waals surface area (Å²) >= 11 is 1.98. The molecular formula is C24H27NS. The number of thiophene rings is 1. The van der Waals surface area contributed by atoms with Crippen molar-refractivity contribution >= 4 is 21.6 Å². The minimum atomic E-state index is 0.819. The van der Waals surface area contributed by atoms with Gasteiger partial charge in [0.2, 0.25) is 0 Å². The summed E-state index contributed by atoms with van der Waals surface area (Å²) in [7, 11) is 0. The first-order valence-electron chi connectivity index (χ1n) is 10.3. The van der Waals surface area contributed by atoms with Gasteiger partial charge in [0.05, 0.1) is 0 Å². The topological polar surface area (TPSA) is 12.9 Å². The zero-order chi connectivity index (χ0) is 17.7. The molecule has 1 nitrogen and oxygen atoms in total. The van der Waals surface area contributed by atoms with Crippen molar-refractivity contribution in [2.45, 2.75) is 65.2 Å². The van der Waals surface area contributed by atoms with E-state index < -0.39 is 0 Å². The minimum absolute atomic E-state index is 0.819. The van der Waals surface area contributed by atoms with E-state index in [0.29, 0.717) is 0 Å². The van der Waals surface area contributed by atoms with Gasteiger partial charge in [0.25, 0.3) is 0 Å². The highest BCUT2D eigenvalue weighted by Crippen LogP contribution is 2.45. The molecule has 0 spiro atoms. The first kappa shape index (κ1) is 16.5. The molecule has 0 saturated carbocycles. The van der Waals surface area contributed by atoms with E-state index in [1.807, 2.05) is 11.3 Å². The highest BCUT2D eigenvalue weighted by atomic mass is 32.1. The van der Waals surface area contributed by atoms with Crippen molar-refractivity contribution in [3.8, 4) is 11.1 Å². The number of aryl methyl sites for hydroxylation is 4. The fourth-order valence-corrected chi connectivity index (χ4v) is 6.29. The van der Waals surface area contributed by atoms with Crippen LogP contribution in [0.15, 0.2) is 24.3 Å². The Morgan fingerprint density at radius 1 is 1.12 bits per heavy atom. The van der Waals surface area contributed by atoms with Crippen LogP contribution >= 0.6 is 11.3 Å². The van der Waals surface area contributed by atoms with Crippen molar-refractivity contribution < 1.29 is 0 Å². The summed E-state index contributed by atoms with van der Waals surface area (Å²) < 4.78 is 0. The Hall–Kier alpha value is -1.67. The van der Waals surface area contributed by atoms with Gasteiger partial charge in [-0.1, -0.05) is 43.2 Å². The molecule has 1 atom stereocenters. The number of benzene rings is 1. The summed E-state index contributed by atoms with van der Waals surface area (Å²) in [5.74, 6) is 0.819. The number of nitrogens with zero attached hydrogens (tertiary/aromatic N) is 1. The van der Waals surface area contributed by atoms with Crippen molar-refractivity contribution in [2.75, 3.05) is 0 Å². The molecule has 2 heterocycles. The number of hydrogen-bond acceptors (Lipinski definition) is 2. The molecule has 134 valence electrons. The van der Waals surface area contributed by atoms with Crippen LogP contribution in [0.2, 0.25) is 0 Å². The molecule has 26 heavy (non-hydrogen) atoms. The van der Waals surface area contributed by atoms with Gasteiger partial charge in [-0.25, -0.2) is 4.98 Å². The lowest BCUT2D eigenvalue weighted by atomic mass is 9.80. The normalized spacial score (nSPS) is 19.4. The first-order valence-corrected chi connectivity index (χ1v) is 11.1. The van der Waals surface area contributed by atoms with E-state index in [1.54, 1.807) is 16.0 Å². The Morgan fingerprint density at radius 2 is 2.00 bits per heavy atom. The van der Waals surface area contributed by atoms with Gasteiger partial charge in [-0.3, -0.25) is 0 Å². The van der Waals surface area contributed by atoms with Crippen LogP contribution in [0.3, 0.4) is 0 Å². The second kappa shape index (κ2) is 6.49. The lowest BCUT2D eigenvalue weighted by Gasteiger charge is -2.26. The lowest BCUT2D eigenvalue weighted by Crippen LogP contribution is -2.16. The first-order chi connectivity index (χ1) is 12.7. The van der Waals surface area contributed by atoms with Crippen molar-refractivity contribution in [1.82, 2.24) is 4.98 Å². The number of hydrogen-bond donors (Lipinski definition) is 0. The van der Waals surface area contributed by atoms with Crippen LogP contribution in [-0.2, 0) is 25.7 Å². The molecule has 2 aliphatic carbocycles. The molecular weight excluding hydrogens is 334 g/mol. The van der Waals surface area contributed by atoms with Crippen molar-refractivity contribution in [1.29, 1.82) is 0 Å². The summed E-state index contributed by atoms with van der Waals surface area (Å²) in [6.45, 7) is 4.56. The maximum absolute atomic E-state index is 5.22. The largest absolute Gasteiger partial charge is 0.242 e. The predicted molar refractivity (Wildman–Crippen MR) is 112 cm³/mol. The van der Waals surface area contributed by atoms with E-state index in [1.165, 1.54) is 77.5 Å². The third kappa shape index (κ3) is 2.62. The Balaban J connectivity index is 1.84. The molecule has 0 unspecified atom stereocenters. The summed E-state index contributed by atoms with van der Waals surface area (Å²) in [4.78, 5) is 8.14. The molecule has 0 aliphatic heterocycles. The van der Waals surface area contributed by atoms with Gasteiger partial charge < -0.3 is 0 Å². The molecule has 2 heteroatoms. The predicted octanol–water partition coefficient (Wildman–Crippen LogP) is 6.67. The second-order valence-corrected chi connectivity index (χ2v) is 9.27. The zero-order valence-electron chi connectivity index (χ0n) is 15.9. The van der Waals surface area contributed by atoms with Crippen molar-refractivity contribution in [2.24, 2.45) is 5.92 Å². The molecule has 0 radical (unpaired) electrons. The van der Waals surface area contributed by atoms with Crippen LogP contribution in [0, 0.1) is 12.8 Å². The Morgan fingerprint density at radius 3 is 2.85 bits per heavy atom. The maximum atomic E-state index is 5.22. The van der Waals surface area contributed by atoms with Crippen LogP contribution < -0.4 is 0 Å². The summed E-state index contributed by atoms with van der Waals surface area (Å²) in [6.07, 6.45) is 10.1. The molecule has 5 rings (SSSR count). The van der Waals surface area contributed by atoms with Gasteiger partial charge >= 0.3 is 0 Å². The molecule has 0 fully saturated rings. The molecule has 2 aromatic heterocycles. The van der Waals surface area contributed by atoms with Gasteiger partial charge in [0.1, 0.15) is 4.83 Å². The van der Waals surface area contributed by atoms with Gasteiger partial charge in [-0.2, -0.15) is 0 Å². The van der Waals surface area contributed by atoms with Gasteiger partial charge in [0.15, 0.2) is 0 Å². The standard InChI is InChI=1S/C24H27NS/c1-3-16-11-12-20-19(14-16)22(17-8-6-7-15(2)13-17)23-18-9-4-5-10-21(18)26-24(23)25-20/h6-8,13,16H,3-5,9-12,14H2,1-2H3/t16-/m1/s1. The van der Waals surface area contributed by atoms with E-state index in [9.17, 15) is 0 Å². The summed E-state index contributed by atoms with van der Waals surface area (Å²) in [5.41, 5.74) is 8.88. The van der Waals surface area contributed by atoms with Crippen LogP contribution in [-0.4, -0.2) is 4.98 Å². The Bertz CT molecular complexity index is 982. The lowest BCUT2D eigenvalue weighted by molar-refractivity contribution is 0.441. The van der Waals surface area contributed by atoms with E-state index in [0.717, 1.165) is 12.3 Å². The molecule has 3 aromatic rings. The fraction of sp³-hybridized carbons (Fsp3) is 0.458. The van der Waals surface area contributed by atoms with Gasteiger partial charge in [-0.05, 0) is 80.0 Å². The Labute approximate surface area is 160 Å².